The van der Waals surface area contributed by atoms with Gasteiger partial charge < -0.3 is 16.0 Å². The van der Waals surface area contributed by atoms with Gasteiger partial charge in [0.05, 0.1) is 0 Å². The van der Waals surface area contributed by atoms with Crippen LogP contribution in [-0.4, -0.2) is 31.6 Å². The summed E-state index contributed by atoms with van der Waals surface area (Å²) in [5.41, 5.74) is 6.74. The van der Waals surface area contributed by atoms with Gasteiger partial charge in [0.2, 0.25) is 0 Å². The molecule has 0 saturated carbocycles. The average molecular weight is 241 g/mol. The van der Waals surface area contributed by atoms with E-state index >= 15 is 0 Å². The topological polar surface area (TPSA) is 41.3 Å². The van der Waals surface area contributed by atoms with E-state index in [1.165, 1.54) is 4.88 Å². The number of anilines is 1. The molecule has 0 amide bonds. The standard InChI is InChI=1S/C12H23N3S/c1-9(2)11(15(3)4)7-14-8-12-10(13)5-6-16-12/h5-6,9,11,14H,7-8,13H2,1-4H3. The largest absolute Gasteiger partial charge is 0.398 e. The first-order valence-electron chi connectivity index (χ1n) is 5.71. The molecule has 1 heterocycles. The molecule has 92 valence electrons. The molecule has 0 aliphatic rings. The van der Waals surface area contributed by atoms with E-state index in [1.54, 1.807) is 11.3 Å². The van der Waals surface area contributed by atoms with Crippen LogP contribution in [0.2, 0.25) is 0 Å². The zero-order valence-electron chi connectivity index (χ0n) is 10.7. The third-order valence-electron chi connectivity index (χ3n) is 2.85. The lowest BCUT2D eigenvalue weighted by Crippen LogP contribution is -2.41. The lowest BCUT2D eigenvalue weighted by molar-refractivity contribution is 0.224. The molecule has 16 heavy (non-hydrogen) atoms. The Morgan fingerprint density at radius 1 is 1.44 bits per heavy atom. The summed E-state index contributed by atoms with van der Waals surface area (Å²) >= 11 is 1.72. The summed E-state index contributed by atoms with van der Waals surface area (Å²) in [5.74, 6) is 0.656. The summed E-state index contributed by atoms with van der Waals surface area (Å²) in [4.78, 5) is 3.51. The van der Waals surface area contributed by atoms with Gasteiger partial charge in [-0.3, -0.25) is 0 Å². The van der Waals surface area contributed by atoms with E-state index in [0.29, 0.717) is 12.0 Å². The van der Waals surface area contributed by atoms with Crippen molar-refractivity contribution in [2.45, 2.75) is 26.4 Å². The highest BCUT2D eigenvalue weighted by atomic mass is 32.1. The molecular formula is C12H23N3S. The smallest absolute Gasteiger partial charge is 0.0468 e. The highest BCUT2D eigenvalue weighted by Gasteiger charge is 2.15. The normalized spacial score (nSPS) is 13.6. The Bertz CT molecular complexity index is 299. The minimum absolute atomic E-state index is 0.571. The lowest BCUT2D eigenvalue weighted by atomic mass is 10.0. The van der Waals surface area contributed by atoms with Crippen molar-refractivity contribution in [1.29, 1.82) is 0 Å². The van der Waals surface area contributed by atoms with Crippen LogP contribution in [0.5, 0.6) is 0 Å². The molecule has 0 fully saturated rings. The van der Waals surface area contributed by atoms with Crippen LogP contribution in [0.25, 0.3) is 0 Å². The van der Waals surface area contributed by atoms with E-state index in [4.69, 9.17) is 5.73 Å². The predicted octanol–water partition coefficient (Wildman–Crippen LogP) is 2.01. The van der Waals surface area contributed by atoms with E-state index in [1.807, 2.05) is 11.4 Å². The van der Waals surface area contributed by atoms with Gasteiger partial charge in [0.15, 0.2) is 0 Å². The van der Waals surface area contributed by atoms with Crippen molar-refractivity contribution in [3.63, 3.8) is 0 Å². The minimum atomic E-state index is 0.571. The Labute approximate surface area is 103 Å². The van der Waals surface area contributed by atoms with Crippen LogP contribution in [0, 0.1) is 5.92 Å². The quantitative estimate of drug-likeness (QED) is 0.800. The van der Waals surface area contributed by atoms with Crippen molar-refractivity contribution in [3.8, 4) is 0 Å². The van der Waals surface area contributed by atoms with Crippen molar-refractivity contribution < 1.29 is 0 Å². The Kier molecular flexibility index (Phi) is 5.25. The van der Waals surface area contributed by atoms with Gasteiger partial charge in [-0.25, -0.2) is 0 Å². The molecule has 0 aliphatic heterocycles. The number of nitrogens with one attached hydrogen (secondary N) is 1. The second kappa shape index (κ2) is 6.23. The molecule has 0 radical (unpaired) electrons. The van der Waals surface area contributed by atoms with Crippen LogP contribution in [0.4, 0.5) is 5.69 Å². The fourth-order valence-electron chi connectivity index (χ4n) is 1.84. The molecule has 0 aliphatic carbocycles. The monoisotopic (exact) mass is 241 g/mol. The number of likely N-dealkylation sites (N-methyl/N-ethyl adjacent to an activating group) is 1. The maximum absolute atomic E-state index is 5.84. The van der Waals surface area contributed by atoms with Crippen LogP contribution >= 0.6 is 11.3 Å². The summed E-state index contributed by atoms with van der Waals surface area (Å²) in [6, 6.07) is 2.54. The Hall–Kier alpha value is -0.580. The first-order valence-corrected chi connectivity index (χ1v) is 6.59. The Morgan fingerprint density at radius 2 is 2.12 bits per heavy atom. The molecule has 0 bridgehead atoms. The van der Waals surface area contributed by atoms with Crippen molar-refractivity contribution in [3.05, 3.63) is 16.3 Å². The van der Waals surface area contributed by atoms with Crippen molar-refractivity contribution in [2.75, 3.05) is 26.4 Å². The van der Waals surface area contributed by atoms with E-state index in [2.05, 4.69) is 38.2 Å². The van der Waals surface area contributed by atoms with Gasteiger partial charge in [-0.05, 0) is 31.5 Å². The van der Waals surface area contributed by atoms with Gasteiger partial charge in [0, 0.05) is 29.7 Å². The second-order valence-electron chi connectivity index (χ2n) is 4.70. The molecule has 0 saturated heterocycles. The van der Waals surface area contributed by atoms with Gasteiger partial charge in [-0.2, -0.15) is 0 Å². The molecule has 0 aromatic carbocycles. The summed E-state index contributed by atoms with van der Waals surface area (Å²) in [5, 5.41) is 5.52. The molecule has 1 aromatic heterocycles. The minimum Gasteiger partial charge on any atom is -0.398 e. The highest BCUT2D eigenvalue weighted by molar-refractivity contribution is 7.10. The number of hydrogen-bond acceptors (Lipinski definition) is 4. The molecule has 1 rings (SSSR count). The van der Waals surface area contributed by atoms with E-state index in [0.717, 1.165) is 18.8 Å². The fourth-order valence-corrected chi connectivity index (χ4v) is 2.61. The maximum atomic E-state index is 5.84. The molecule has 1 unspecified atom stereocenters. The predicted molar refractivity (Wildman–Crippen MR) is 72.8 cm³/mol. The molecule has 3 N–H and O–H groups in total. The number of nitrogens with two attached hydrogens (primary N) is 1. The van der Waals surface area contributed by atoms with Gasteiger partial charge in [-0.1, -0.05) is 13.8 Å². The first kappa shape index (κ1) is 13.5. The van der Waals surface area contributed by atoms with Crippen LogP contribution in [0.3, 0.4) is 0 Å². The van der Waals surface area contributed by atoms with Gasteiger partial charge in [0.1, 0.15) is 0 Å². The Balaban J connectivity index is 2.37. The van der Waals surface area contributed by atoms with Crippen LogP contribution in [-0.2, 0) is 6.54 Å². The summed E-state index contributed by atoms with van der Waals surface area (Å²) in [7, 11) is 4.26. The third-order valence-corrected chi connectivity index (χ3v) is 3.79. The molecule has 1 atom stereocenters. The number of rotatable bonds is 6. The molecule has 1 aromatic rings. The fraction of sp³-hybridized carbons (Fsp3) is 0.667. The van der Waals surface area contributed by atoms with Crippen molar-refractivity contribution >= 4 is 17.0 Å². The van der Waals surface area contributed by atoms with Crippen molar-refractivity contribution in [2.24, 2.45) is 5.92 Å². The number of hydrogen-bond donors (Lipinski definition) is 2. The SMILES string of the molecule is CC(C)C(CNCc1sccc1N)N(C)C. The van der Waals surface area contributed by atoms with E-state index in [9.17, 15) is 0 Å². The second-order valence-corrected chi connectivity index (χ2v) is 5.71. The third kappa shape index (κ3) is 3.77. The van der Waals surface area contributed by atoms with Crippen LogP contribution in [0.1, 0.15) is 18.7 Å². The van der Waals surface area contributed by atoms with Gasteiger partial charge >= 0.3 is 0 Å². The summed E-state index contributed by atoms with van der Waals surface area (Å²) in [6.07, 6.45) is 0. The molecular weight excluding hydrogens is 218 g/mol. The number of nitrogens with zero attached hydrogens (tertiary/aromatic N) is 1. The van der Waals surface area contributed by atoms with Crippen LogP contribution < -0.4 is 11.1 Å². The maximum Gasteiger partial charge on any atom is 0.0468 e. The lowest BCUT2D eigenvalue weighted by Gasteiger charge is -2.28. The first-order chi connectivity index (χ1) is 7.52. The zero-order chi connectivity index (χ0) is 12.1. The van der Waals surface area contributed by atoms with Gasteiger partial charge in [-0.15, -0.1) is 11.3 Å². The molecule has 3 nitrogen and oxygen atoms in total. The molecule has 0 spiro atoms. The van der Waals surface area contributed by atoms with E-state index in [-0.39, 0.29) is 0 Å². The zero-order valence-corrected chi connectivity index (χ0v) is 11.5. The summed E-state index contributed by atoms with van der Waals surface area (Å²) < 4.78 is 0. The van der Waals surface area contributed by atoms with Crippen molar-refractivity contribution in [1.82, 2.24) is 10.2 Å². The number of thiophene rings is 1. The van der Waals surface area contributed by atoms with Gasteiger partial charge in [0.25, 0.3) is 0 Å². The van der Waals surface area contributed by atoms with Crippen LogP contribution in [0.15, 0.2) is 11.4 Å². The average Bonchev–Trinajstić information content (AvgIpc) is 2.57. The van der Waals surface area contributed by atoms with E-state index < -0.39 is 0 Å². The Morgan fingerprint density at radius 3 is 2.56 bits per heavy atom. The molecule has 4 heteroatoms. The highest BCUT2D eigenvalue weighted by Crippen LogP contribution is 2.18. The number of nitrogen functional groups attached to an aromatic ring is 1. The summed E-state index contributed by atoms with van der Waals surface area (Å²) in [6.45, 7) is 6.39.